The summed E-state index contributed by atoms with van der Waals surface area (Å²) in [5.74, 6) is 1.03. The van der Waals surface area contributed by atoms with Gasteiger partial charge in [0.25, 0.3) is 5.91 Å². The first-order valence-electron chi connectivity index (χ1n) is 8.09. The fraction of sp³-hybridized carbons (Fsp3) is 0.688. The Morgan fingerprint density at radius 3 is 3.00 bits per heavy atom. The Morgan fingerprint density at radius 2 is 2.24 bits per heavy atom. The van der Waals surface area contributed by atoms with Gasteiger partial charge in [-0.15, -0.1) is 0 Å². The highest BCUT2D eigenvalue weighted by molar-refractivity contribution is 5.94. The van der Waals surface area contributed by atoms with Gasteiger partial charge in [-0.3, -0.25) is 9.69 Å². The van der Waals surface area contributed by atoms with Crippen LogP contribution in [0.4, 0.5) is 0 Å². The third-order valence-electron chi connectivity index (χ3n) is 5.02. The summed E-state index contributed by atoms with van der Waals surface area (Å²) in [5.41, 5.74) is 0.763. The van der Waals surface area contributed by atoms with Crippen LogP contribution in [0.5, 0.6) is 0 Å². The van der Waals surface area contributed by atoms with Crippen LogP contribution in [0.15, 0.2) is 18.5 Å². The van der Waals surface area contributed by atoms with E-state index in [0.717, 1.165) is 44.1 Å². The van der Waals surface area contributed by atoms with Crippen LogP contribution in [0.25, 0.3) is 0 Å². The maximum absolute atomic E-state index is 12.5. The topological polar surface area (TPSA) is 48.6 Å². The van der Waals surface area contributed by atoms with Crippen LogP contribution >= 0.6 is 0 Å². The highest BCUT2D eigenvalue weighted by Crippen LogP contribution is 2.33. The second-order valence-electron chi connectivity index (χ2n) is 6.55. The van der Waals surface area contributed by atoms with E-state index in [1.54, 1.807) is 6.20 Å². The van der Waals surface area contributed by atoms with Gasteiger partial charge >= 0.3 is 0 Å². The Morgan fingerprint density at radius 1 is 1.33 bits per heavy atom. The van der Waals surface area contributed by atoms with Crippen LogP contribution in [0.3, 0.4) is 0 Å². The van der Waals surface area contributed by atoms with Crippen LogP contribution in [0.2, 0.25) is 0 Å². The highest BCUT2D eigenvalue weighted by Gasteiger charge is 2.40. The van der Waals surface area contributed by atoms with Gasteiger partial charge in [-0.2, -0.15) is 0 Å². The number of aromatic amines is 1. The summed E-state index contributed by atoms with van der Waals surface area (Å²) < 4.78 is 5.95. The molecule has 1 amide bonds. The number of hydrogen-bond donors (Lipinski definition) is 1. The smallest absolute Gasteiger partial charge is 0.255 e. The first-order valence-corrected chi connectivity index (χ1v) is 8.09. The number of nitrogens with one attached hydrogen (secondary N) is 1. The van der Waals surface area contributed by atoms with Crippen molar-refractivity contribution in [1.82, 2.24) is 14.8 Å². The zero-order valence-electron chi connectivity index (χ0n) is 12.3. The molecule has 0 aromatic carbocycles. The maximum atomic E-state index is 12.5. The predicted molar refractivity (Wildman–Crippen MR) is 79.1 cm³/mol. The molecule has 3 fully saturated rings. The number of fused-ring (bicyclic) bond motifs is 1. The molecule has 2 saturated heterocycles. The minimum Gasteiger partial charge on any atom is -0.375 e. The SMILES string of the molecule is O=C(c1cc[nH]c1)N1CC[C@@H]2OCCN(CC3CC3)[C@H]2C1. The minimum absolute atomic E-state index is 0.145. The van der Waals surface area contributed by atoms with Gasteiger partial charge in [-0.25, -0.2) is 0 Å². The zero-order chi connectivity index (χ0) is 14.2. The molecule has 0 radical (unpaired) electrons. The Labute approximate surface area is 125 Å². The lowest BCUT2D eigenvalue weighted by molar-refractivity contribution is -0.0989. The van der Waals surface area contributed by atoms with Crippen molar-refractivity contribution in [2.45, 2.75) is 31.4 Å². The number of ether oxygens (including phenoxy) is 1. The fourth-order valence-electron chi connectivity index (χ4n) is 3.62. The van der Waals surface area contributed by atoms with Gasteiger partial charge in [0.15, 0.2) is 0 Å². The molecule has 2 aliphatic heterocycles. The van der Waals surface area contributed by atoms with E-state index in [2.05, 4.69) is 9.88 Å². The van der Waals surface area contributed by atoms with Crippen molar-refractivity contribution in [3.8, 4) is 0 Å². The molecule has 1 aromatic heterocycles. The highest BCUT2D eigenvalue weighted by atomic mass is 16.5. The molecule has 1 aliphatic carbocycles. The van der Waals surface area contributed by atoms with E-state index in [1.807, 2.05) is 17.2 Å². The van der Waals surface area contributed by atoms with Gasteiger partial charge in [0.1, 0.15) is 0 Å². The largest absolute Gasteiger partial charge is 0.375 e. The molecule has 21 heavy (non-hydrogen) atoms. The van der Waals surface area contributed by atoms with E-state index >= 15 is 0 Å². The van der Waals surface area contributed by atoms with Gasteiger partial charge < -0.3 is 14.6 Å². The predicted octanol–water partition coefficient (Wildman–Crippen LogP) is 1.34. The van der Waals surface area contributed by atoms with Gasteiger partial charge in [0.05, 0.1) is 24.3 Å². The lowest BCUT2D eigenvalue weighted by Crippen LogP contribution is -2.61. The van der Waals surface area contributed by atoms with Crippen LogP contribution in [-0.4, -0.2) is 65.6 Å². The molecular weight excluding hydrogens is 266 g/mol. The van der Waals surface area contributed by atoms with E-state index in [0.29, 0.717) is 12.1 Å². The Balaban J connectivity index is 1.46. The summed E-state index contributed by atoms with van der Waals surface area (Å²) in [7, 11) is 0. The lowest BCUT2D eigenvalue weighted by Gasteiger charge is -2.47. The third kappa shape index (κ3) is 2.72. The summed E-state index contributed by atoms with van der Waals surface area (Å²) in [6.07, 6.45) is 7.62. The van der Waals surface area contributed by atoms with Gasteiger partial charge in [0, 0.05) is 38.6 Å². The van der Waals surface area contributed by atoms with Crippen LogP contribution < -0.4 is 0 Å². The molecule has 4 rings (SSSR count). The summed E-state index contributed by atoms with van der Waals surface area (Å²) in [6.45, 7) is 4.67. The van der Waals surface area contributed by atoms with Crippen molar-refractivity contribution in [2.75, 3.05) is 32.8 Å². The van der Waals surface area contributed by atoms with Crippen LogP contribution in [0.1, 0.15) is 29.6 Å². The number of aromatic nitrogens is 1. The second-order valence-corrected chi connectivity index (χ2v) is 6.55. The number of likely N-dealkylation sites (tertiary alicyclic amines) is 1. The molecule has 2 atom stereocenters. The van der Waals surface area contributed by atoms with Crippen molar-refractivity contribution in [3.63, 3.8) is 0 Å². The fourth-order valence-corrected chi connectivity index (χ4v) is 3.62. The normalized spacial score (nSPS) is 30.2. The van der Waals surface area contributed by atoms with Gasteiger partial charge in [-0.1, -0.05) is 0 Å². The number of amides is 1. The number of piperidine rings is 1. The molecular formula is C16H23N3O2. The standard InChI is InChI=1S/C16H23N3O2/c20-16(13-3-5-17-9-13)19-6-4-15-14(11-19)18(7-8-21-15)10-12-1-2-12/h3,5,9,12,14-15,17H,1-2,4,6-8,10-11H2/t14-,15-/m0/s1. The molecule has 5 nitrogen and oxygen atoms in total. The molecule has 3 aliphatic rings. The molecule has 0 bridgehead atoms. The van der Waals surface area contributed by atoms with Crippen LogP contribution in [0, 0.1) is 5.92 Å². The summed E-state index contributed by atoms with van der Waals surface area (Å²) in [6, 6.07) is 2.24. The average molecular weight is 289 g/mol. The van der Waals surface area contributed by atoms with Crippen molar-refractivity contribution in [1.29, 1.82) is 0 Å². The summed E-state index contributed by atoms with van der Waals surface area (Å²) in [4.78, 5) is 20.1. The maximum Gasteiger partial charge on any atom is 0.255 e. The number of carbonyl (C=O) groups is 1. The van der Waals surface area contributed by atoms with E-state index in [4.69, 9.17) is 4.74 Å². The minimum atomic E-state index is 0.145. The van der Waals surface area contributed by atoms with Gasteiger partial charge in [0.2, 0.25) is 0 Å². The molecule has 3 heterocycles. The number of hydrogen-bond acceptors (Lipinski definition) is 3. The van der Waals surface area contributed by atoms with Crippen molar-refractivity contribution in [3.05, 3.63) is 24.0 Å². The zero-order valence-corrected chi connectivity index (χ0v) is 12.3. The Hall–Kier alpha value is -1.33. The second kappa shape index (κ2) is 5.46. The third-order valence-corrected chi connectivity index (χ3v) is 5.02. The van der Waals surface area contributed by atoms with Crippen LogP contribution in [-0.2, 0) is 4.74 Å². The average Bonchev–Trinajstić information content (AvgIpc) is 3.16. The summed E-state index contributed by atoms with van der Waals surface area (Å²) in [5, 5.41) is 0. The Bertz CT molecular complexity index is 498. The number of nitrogens with zero attached hydrogens (tertiary/aromatic N) is 2. The molecule has 0 unspecified atom stereocenters. The van der Waals surface area contributed by atoms with Crippen molar-refractivity contribution < 1.29 is 9.53 Å². The molecule has 0 spiro atoms. The Kier molecular flexibility index (Phi) is 3.47. The van der Waals surface area contributed by atoms with Crippen molar-refractivity contribution >= 4 is 5.91 Å². The van der Waals surface area contributed by atoms with E-state index in [9.17, 15) is 4.79 Å². The molecule has 1 aromatic rings. The molecule has 114 valence electrons. The number of H-pyrrole nitrogens is 1. The van der Waals surface area contributed by atoms with Gasteiger partial charge in [-0.05, 0) is 31.2 Å². The van der Waals surface area contributed by atoms with E-state index in [1.165, 1.54) is 19.4 Å². The molecule has 5 heteroatoms. The number of carbonyl (C=O) groups excluding carboxylic acids is 1. The number of rotatable bonds is 3. The monoisotopic (exact) mass is 289 g/mol. The molecule has 1 saturated carbocycles. The molecule has 1 N–H and O–H groups in total. The lowest BCUT2D eigenvalue weighted by atomic mass is 9.98. The number of morpholine rings is 1. The van der Waals surface area contributed by atoms with E-state index < -0.39 is 0 Å². The van der Waals surface area contributed by atoms with E-state index in [-0.39, 0.29) is 5.91 Å². The first-order chi connectivity index (χ1) is 10.3. The quantitative estimate of drug-likeness (QED) is 0.913. The summed E-state index contributed by atoms with van der Waals surface area (Å²) >= 11 is 0. The van der Waals surface area contributed by atoms with Crippen molar-refractivity contribution in [2.24, 2.45) is 5.92 Å². The first kappa shape index (κ1) is 13.3.